The number of anilines is 2. The fraction of sp³-hybridized carbons (Fsp3) is 0.312. The molecule has 116 valence electrons. The van der Waals surface area contributed by atoms with Crippen LogP contribution in [-0.2, 0) is 0 Å². The van der Waals surface area contributed by atoms with Crippen LogP contribution < -0.4 is 5.32 Å². The van der Waals surface area contributed by atoms with Crippen LogP contribution in [0.2, 0.25) is 5.02 Å². The van der Waals surface area contributed by atoms with Crippen LogP contribution in [-0.4, -0.2) is 33.9 Å². The maximum atomic E-state index is 12.3. The minimum absolute atomic E-state index is 0.0988. The third kappa shape index (κ3) is 3.74. The maximum absolute atomic E-state index is 12.3. The van der Waals surface area contributed by atoms with E-state index in [0.29, 0.717) is 29.6 Å². The van der Waals surface area contributed by atoms with E-state index in [2.05, 4.69) is 15.3 Å². The number of hydrogen-bond acceptors (Lipinski definition) is 4. The number of aromatic nitrogens is 2. The van der Waals surface area contributed by atoms with Crippen molar-refractivity contribution in [2.24, 2.45) is 0 Å². The van der Waals surface area contributed by atoms with Crippen molar-refractivity contribution in [2.45, 2.75) is 20.8 Å². The first-order valence-corrected chi connectivity index (χ1v) is 7.57. The Balaban J connectivity index is 2.25. The average Bonchev–Trinajstić information content (AvgIpc) is 2.52. The van der Waals surface area contributed by atoms with Crippen LogP contribution in [0.4, 0.5) is 11.5 Å². The summed E-state index contributed by atoms with van der Waals surface area (Å²) in [6.07, 6.45) is 1.39. The van der Waals surface area contributed by atoms with Crippen LogP contribution in [0.3, 0.4) is 0 Å². The van der Waals surface area contributed by atoms with Crippen LogP contribution in [0.1, 0.15) is 29.9 Å². The lowest BCUT2D eigenvalue weighted by atomic mass is 10.2. The Morgan fingerprint density at radius 2 is 1.95 bits per heavy atom. The summed E-state index contributed by atoms with van der Waals surface area (Å²) in [4.78, 5) is 22.3. The van der Waals surface area contributed by atoms with E-state index >= 15 is 0 Å². The highest BCUT2D eigenvalue weighted by atomic mass is 35.5. The molecule has 0 atom stereocenters. The smallest absolute Gasteiger partial charge is 0.272 e. The van der Waals surface area contributed by atoms with E-state index in [1.165, 1.54) is 6.33 Å². The van der Waals surface area contributed by atoms with Gasteiger partial charge in [-0.1, -0.05) is 17.7 Å². The fourth-order valence-corrected chi connectivity index (χ4v) is 2.25. The third-order valence-electron chi connectivity index (χ3n) is 3.40. The number of amides is 1. The van der Waals surface area contributed by atoms with Gasteiger partial charge in [0, 0.05) is 29.9 Å². The number of carbonyl (C=O) groups excluding carboxylic acids is 1. The summed E-state index contributed by atoms with van der Waals surface area (Å²) < 4.78 is 0. The number of rotatable bonds is 5. The standard InChI is InChI=1S/C16H19ClN4O/c1-4-21(5-2)16(22)14-9-15(19-10-18-14)20-13-8-12(17)7-6-11(13)3/h6-10H,4-5H2,1-3H3,(H,18,19,20). The predicted molar refractivity (Wildman–Crippen MR) is 88.8 cm³/mol. The summed E-state index contributed by atoms with van der Waals surface area (Å²) in [5, 5.41) is 3.82. The molecular formula is C16H19ClN4O. The van der Waals surface area contributed by atoms with Gasteiger partial charge in [-0.25, -0.2) is 9.97 Å². The normalized spacial score (nSPS) is 10.4. The van der Waals surface area contributed by atoms with Gasteiger partial charge in [-0.05, 0) is 38.5 Å². The van der Waals surface area contributed by atoms with Crippen LogP contribution in [0, 0.1) is 6.92 Å². The first-order chi connectivity index (χ1) is 10.5. The van der Waals surface area contributed by atoms with E-state index < -0.39 is 0 Å². The number of hydrogen-bond donors (Lipinski definition) is 1. The van der Waals surface area contributed by atoms with Gasteiger partial charge in [-0.3, -0.25) is 4.79 Å². The van der Waals surface area contributed by atoms with Gasteiger partial charge in [0.15, 0.2) is 0 Å². The fourth-order valence-electron chi connectivity index (χ4n) is 2.08. The largest absolute Gasteiger partial charge is 0.340 e. The monoisotopic (exact) mass is 318 g/mol. The number of nitrogens with zero attached hydrogens (tertiary/aromatic N) is 3. The zero-order valence-corrected chi connectivity index (χ0v) is 13.7. The highest BCUT2D eigenvalue weighted by Crippen LogP contribution is 2.23. The SMILES string of the molecule is CCN(CC)C(=O)c1cc(Nc2cc(Cl)ccc2C)ncn1. The predicted octanol–water partition coefficient (Wildman–Crippen LogP) is 3.66. The van der Waals surface area contributed by atoms with Crippen molar-refractivity contribution >= 4 is 29.0 Å². The minimum Gasteiger partial charge on any atom is -0.340 e. The van der Waals surface area contributed by atoms with Crippen LogP contribution in [0.5, 0.6) is 0 Å². The molecule has 22 heavy (non-hydrogen) atoms. The molecule has 0 bridgehead atoms. The van der Waals surface area contributed by atoms with E-state index in [4.69, 9.17) is 11.6 Å². The summed E-state index contributed by atoms with van der Waals surface area (Å²) >= 11 is 6.01. The number of halogens is 1. The molecule has 0 unspecified atom stereocenters. The molecule has 2 rings (SSSR count). The molecule has 0 spiro atoms. The van der Waals surface area contributed by atoms with Crippen molar-refractivity contribution in [1.82, 2.24) is 14.9 Å². The summed E-state index contributed by atoms with van der Waals surface area (Å²) in [7, 11) is 0. The van der Waals surface area contributed by atoms with Gasteiger partial charge in [0.1, 0.15) is 17.8 Å². The number of aryl methyl sites for hydroxylation is 1. The van der Waals surface area contributed by atoms with E-state index in [1.807, 2.05) is 39.0 Å². The number of carbonyl (C=O) groups is 1. The minimum atomic E-state index is -0.0988. The van der Waals surface area contributed by atoms with E-state index in [1.54, 1.807) is 11.0 Å². The van der Waals surface area contributed by atoms with Gasteiger partial charge in [0.05, 0.1) is 0 Å². The highest BCUT2D eigenvalue weighted by molar-refractivity contribution is 6.30. The molecule has 1 aromatic heterocycles. The molecule has 5 nitrogen and oxygen atoms in total. The van der Waals surface area contributed by atoms with Crippen molar-refractivity contribution < 1.29 is 4.79 Å². The van der Waals surface area contributed by atoms with Crippen molar-refractivity contribution in [3.05, 3.63) is 46.9 Å². The van der Waals surface area contributed by atoms with E-state index in [0.717, 1.165) is 11.3 Å². The Kier molecular flexibility index (Phi) is 5.33. The average molecular weight is 319 g/mol. The Morgan fingerprint density at radius 1 is 1.23 bits per heavy atom. The molecule has 1 amide bonds. The van der Waals surface area contributed by atoms with Gasteiger partial charge >= 0.3 is 0 Å². The van der Waals surface area contributed by atoms with Crippen LogP contribution >= 0.6 is 11.6 Å². The Labute approximate surface area is 135 Å². The molecule has 2 aromatic rings. The third-order valence-corrected chi connectivity index (χ3v) is 3.63. The Morgan fingerprint density at radius 3 is 2.64 bits per heavy atom. The molecule has 1 heterocycles. The van der Waals surface area contributed by atoms with Crippen molar-refractivity contribution in [3.63, 3.8) is 0 Å². The van der Waals surface area contributed by atoms with Gasteiger partial charge in [0.25, 0.3) is 5.91 Å². The molecule has 0 saturated carbocycles. The quantitative estimate of drug-likeness (QED) is 0.914. The summed E-state index contributed by atoms with van der Waals surface area (Å²) in [5.74, 6) is 0.467. The topological polar surface area (TPSA) is 58.1 Å². The molecule has 0 radical (unpaired) electrons. The molecular weight excluding hydrogens is 300 g/mol. The Bertz CT molecular complexity index is 671. The number of benzene rings is 1. The van der Waals surface area contributed by atoms with Gasteiger partial charge in [-0.2, -0.15) is 0 Å². The van der Waals surface area contributed by atoms with Crippen molar-refractivity contribution in [3.8, 4) is 0 Å². The molecule has 0 aliphatic heterocycles. The molecule has 1 N–H and O–H groups in total. The van der Waals surface area contributed by atoms with Crippen LogP contribution in [0.25, 0.3) is 0 Å². The lowest BCUT2D eigenvalue weighted by Gasteiger charge is -2.18. The maximum Gasteiger partial charge on any atom is 0.272 e. The first-order valence-electron chi connectivity index (χ1n) is 7.19. The van der Waals surface area contributed by atoms with Crippen molar-refractivity contribution in [1.29, 1.82) is 0 Å². The second-order valence-corrected chi connectivity index (χ2v) is 5.29. The van der Waals surface area contributed by atoms with E-state index in [9.17, 15) is 4.79 Å². The zero-order chi connectivity index (χ0) is 16.1. The molecule has 6 heteroatoms. The summed E-state index contributed by atoms with van der Waals surface area (Å²) in [5.41, 5.74) is 2.27. The van der Waals surface area contributed by atoms with Gasteiger partial charge in [0.2, 0.25) is 0 Å². The first kappa shape index (κ1) is 16.2. The molecule has 0 aliphatic rings. The van der Waals surface area contributed by atoms with Crippen LogP contribution in [0.15, 0.2) is 30.6 Å². The van der Waals surface area contributed by atoms with E-state index in [-0.39, 0.29) is 5.91 Å². The highest BCUT2D eigenvalue weighted by Gasteiger charge is 2.14. The Hall–Kier alpha value is -2.14. The van der Waals surface area contributed by atoms with Gasteiger partial charge < -0.3 is 10.2 Å². The molecule has 0 saturated heterocycles. The van der Waals surface area contributed by atoms with Crippen molar-refractivity contribution in [2.75, 3.05) is 18.4 Å². The second kappa shape index (κ2) is 7.22. The molecule has 1 aromatic carbocycles. The second-order valence-electron chi connectivity index (χ2n) is 4.85. The summed E-state index contributed by atoms with van der Waals surface area (Å²) in [6, 6.07) is 7.23. The molecule has 0 aliphatic carbocycles. The lowest BCUT2D eigenvalue weighted by molar-refractivity contribution is 0.0767. The summed E-state index contributed by atoms with van der Waals surface area (Å²) in [6.45, 7) is 7.15. The zero-order valence-electron chi connectivity index (χ0n) is 12.9. The number of nitrogens with one attached hydrogen (secondary N) is 1. The lowest BCUT2D eigenvalue weighted by Crippen LogP contribution is -2.31. The van der Waals surface area contributed by atoms with Gasteiger partial charge in [-0.15, -0.1) is 0 Å². The molecule has 0 fully saturated rings.